The molecule has 0 aromatic heterocycles. The number of hydrogen-bond acceptors (Lipinski definition) is 1. The van der Waals surface area contributed by atoms with Crippen LogP contribution in [-0.2, 0) is 0 Å². The van der Waals surface area contributed by atoms with Gasteiger partial charge in [0.2, 0.25) is 0 Å². The predicted molar refractivity (Wildman–Crippen MR) is 74.1 cm³/mol. The first-order valence-electron chi connectivity index (χ1n) is 6.62. The first-order valence-corrected chi connectivity index (χ1v) is 6.62. The predicted octanol–water partition coefficient (Wildman–Crippen LogP) is 4.11. The van der Waals surface area contributed by atoms with Gasteiger partial charge in [-0.2, -0.15) is 0 Å². The molecule has 1 unspecified atom stereocenters. The van der Waals surface area contributed by atoms with Crippen LogP contribution in [-0.4, -0.2) is 0 Å². The molecule has 0 fully saturated rings. The van der Waals surface area contributed by atoms with Crippen LogP contribution in [0.2, 0.25) is 0 Å². The van der Waals surface area contributed by atoms with Crippen LogP contribution in [0.5, 0.6) is 0 Å². The number of hydrogen-bond donors (Lipinski definition) is 1. The van der Waals surface area contributed by atoms with Gasteiger partial charge in [0, 0.05) is 0 Å². The second-order valence-electron chi connectivity index (χ2n) is 5.31. The lowest BCUT2D eigenvalue weighted by atomic mass is 9.86. The first kappa shape index (κ1) is 12.4. The topological polar surface area (TPSA) is 26.0 Å². The molecular formula is C16H23N. The summed E-state index contributed by atoms with van der Waals surface area (Å²) in [5, 5.41) is 0. The minimum Gasteiger partial charge on any atom is -0.321 e. The zero-order chi connectivity index (χ0) is 12.4. The van der Waals surface area contributed by atoms with Crippen LogP contribution >= 0.6 is 0 Å². The molecule has 0 radical (unpaired) electrons. The average Bonchev–Trinajstić information content (AvgIpc) is 2.28. The van der Waals surface area contributed by atoms with Crippen molar-refractivity contribution >= 4 is 0 Å². The molecule has 17 heavy (non-hydrogen) atoms. The van der Waals surface area contributed by atoms with Gasteiger partial charge in [-0.3, -0.25) is 0 Å². The van der Waals surface area contributed by atoms with Crippen molar-refractivity contribution in [2.45, 2.75) is 52.5 Å². The van der Waals surface area contributed by atoms with E-state index in [9.17, 15) is 0 Å². The Balaban J connectivity index is 2.36. The fourth-order valence-electron chi connectivity index (χ4n) is 3.01. The lowest BCUT2D eigenvalue weighted by molar-refractivity contribution is 0.645. The van der Waals surface area contributed by atoms with Crippen LogP contribution in [0.4, 0.5) is 0 Å². The van der Waals surface area contributed by atoms with Crippen molar-refractivity contribution in [1.82, 2.24) is 0 Å². The summed E-state index contributed by atoms with van der Waals surface area (Å²) >= 11 is 0. The average molecular weight is 229 g/mol. The van der Waals surface area contributed by atoms with Crippen molar-refractivity contribution in [1.29, 1.82) is 0 Å². The Hall–Kier alpha value is -1.08. The van der Waals surface area contributed by atoms with Gasteiger partial charge in [-0.25, -0.2) is 0 Å². The van der Waals surface area contributed by atoms with Crippen molar-refractivity contribution in [2.75, 3.05) is 0 Å². The highest BCUT2D eigenvalue weighted by molar-refractivity contribution is 5.43. The van der Waals surface area contributed by atoms with Gasteiger partial charge >= 0.3 is 0 Å². The zero-order valence-corrected chi connectivity index (χ0v) is 11.2. The highest BCUT2D eigenvalue weighted by Crippen LogP contribution is 2.31. The van der Waals surface area contributed by atoms with Gasteiger partial charge in [-0.15, -0.1) is 0 Å². The van der Waals surface area contributed by atoms with E-state index in [0.29, 0.717) is 0 Å². The molecule has 0 saturated heterocycles. The van der Waals surface area contributed by atoms with E-state index in [2.05, 4.69) is 39.0 Å². The normalized spacial score (nSPS) is 17.8. The standard InChI is InChI=1S/C16H23N/c1-11-9-12(2)15(13(3)10-11)16(17)14-7-5-4-6-8-14/h7,9-10,16H,4-6,8,17H2,1-3H3. The zero-order valence-electron chi connectivity index (χ0n) is 11.2. The number of nitrogens with two attached hydrogens (primary N) is 1. The molecule has 2 N–H and O–H groups in total. The van der Waals surface area contributed by atoms with E-state index in [1.54, 1.807) is 0 Å². The molecule has 1 atom stereocenters. The summed E-state index contributed by atoms with van der Waals surface area (Å²) in [4.78, 5) is 0. The monoisotopic (exact) mass is 229 g/mol. The minimum absolute atomic E-state index is 0.107. The van der Waals surface area contributed by atoms with Gasteiger partial charge in [0.1, 0.15) is 0 Å². The molecule has 0 bridgehead atoms. The summed E-state index contributed by atoms with van der Waals surface area (Å²) in [5.74, 6) is 0. The molecule has 1 aliphatic carbocycles. The smallest absolute Gasteiger partial charge is 0.0516 e. The van der Waals surface area contributed by atoms with Crippen molar-refractivity contribution in [3.63, 3.8) is 0 Å². The second kappa shape index (κ2) is 5.05. The van der Waals surface area contributed by atoms with E-state index in [-0.39, 0.29) is 6.04 Å². The second-order valence-corrected chi connectivity index (χ2v) is 5.31. The molecule has 0 aliphatic heterocycles. The van der Waals surface area contributed by atoms with Crippen LogP contribution in [0.25, 0.3) is 0 Å². The molecule has 1 aromatic carbocycles. The molecule has 1 aliphatic rings. The summed E-state index contributed by atoms with van der Waals surface area (Å²) in [6.45, 7) is 6.51. The van der Waals surface area contributed by atoms with Gasteiger partial charge in [0.25, 0.3) is 0 Å². The summed E-state index contributed by atoms with van der Waals surface area (Å²) in [5.41, 5.74) is 13.2. The van der Waals surface area contributed by atoms with Crippen LogP contribution in [0.15, 0.2) is 23.8 Å². The maximum absolute atomic E-state index is 6.45. The van der Waals surface area contributed by atoms with Crippen molar-refractivity contribution in [3.05, 3.63) is 46.0 Å². The van der Waals surface area contributed by atoms with E-state index in [1.165, 1.54) is 53.5 Å². The Bertz CT molecular complexity index is 420. The Morgan fingerprint density at radius 1 is 1.06 bits per heavy atom. The van der Waals surface area contributed by atoms with Gasteiger partial charge < -0.3 is 5.73 Å². The molecule has 0 heterocycles. The lowest BCUT2D eigenvalue weighted by Crippen LogP contribution is -2.17. The molecule has 0 spiro atoms. The van der Waals surface area contributed by atoms with Gasteiger partial charge in [0.05, 0.1) is 6.04 Å². The third kappa shape index (κ3) is 2.61. The number of benzene rings is 1. The van der Waals surface area contributed by atoms with E-state index >= 15 is 0 Å². The Kier molecular flexibility index (Phi) is 3.68. The highest BCUT2D eigenvalue weighted by atomic mass is 14.6. The highest BCUT2D eigenvalue weighted by Gasteiger charge is 2.17. The molecule has 1 heteroatoms. The molecule has 0 saturated carbocycles. The minimum atomic E-state index is 0.107. The van der Waals surface area contributed by atoms with Crippen LogP contribution < -0.4 is 5.73 Å². The van der Waals surface area contributed by atoms with Gasteiger partial charge in [0.15, 0.2) is 0 Å². The first-order chi connectivity index (χ1) is 8.09. The Morgan fingerprint density at radius 2 is 1.71 bits per heavy atom. The van der Waals surface area contributed by atoms with Crippen LogP contribution in [0.3, 0.4) is 0 Å². The molecular weight excluding hydrogens is 206 g/mol. The molecule has 1 nitrogen and oxygen atoms in total. The molecule has 2 rings (SSSR count). The summed E-state index contributed by atoms with van der Waals surface area (Å²) in [7, 11) is 0. The maximum Gasteiger partial charge on any atom is 0.0516 e. The van der Waals surface area contributed by atoms with E-state index in [4.69, 9.17) is 5.73 Å². The van der Waals surface area contributed by atoms with E-state index in [1.807, 2.05) is 0 Å². The number of allylic oxidation sites excluding steroid dienone is 1. The quantitative estimate of drug-likeness (QED) is 0.759. The van der Waals surface area contributed by atoms with Crippen molar-refractivity contribution in [3.8, 4) is 0 Å². The van der Waals surface area contributed by atoms with Crippen molar-refractivity contribution in [2.24, 2.45) is 5.73 Å². The SMILES string of the molecule is Cc1cc(C)c(C(N)C2=CCCCC2)c(C)c1. The molecule has 0 amide bonds. The fourth-order valence-corrected chi connectivity index (χ4v) is 3.01. The Labute approximate surface area is 105 Å². The van der Waals surface area contributed by atoms with E-state index in [0.717, 1.165) is 0 Å². The van der Waals surface area contributed by atoms with Crippen LogP contribution in [0, 0.1) is 20.8 Å². The number of rotatable bonds is 2. The summed E-state index contributed by atoms with van der Waals surface area (Å²) in [6, 6.07) is 4.59. The van der Waals surface area contributed by atoms with Gasteiger partial charge in [-0.05, 0) is 63.1 Å². The third-order valence-electron chi connectivity index (χ3n) is 3.77. The number of aryl methyl sites for hydroxylation is 3. The lowest BCUT2D eigenvalue weighted by Gasteiger charge is -2.23. The maximum atomic E-state index is 6.45. The molecule has 92 valence electrons. The van der Waals surface area contributed by atoms with Crippen molar-refractivity contribution < 1.29 is 0 Å². The summed E-state index contributed by atoms with van der Waals surface area (Å²) in [6.07, 6.45) is 7.35. The Morgan fingerprint density at radius 3 is 2.24 bits per heavy atom. The molecule has 1 aromatic rings. The summed E-state index contributed by atoms with van der Waals surface area (Å²) < 4.78 is 0. The van der Waals surface area contributed by atoms with Crippen LogP contribution in [0.1, 0.15) is 54.0 Å². The third-order valence-corrected chi connectivity index (χ3v) is 3.77. The van der Waals surface area contributed by atoms with E-state index < -0.39 is 0 Å². The van der Waals surface area contributed by atoms with Gasteiger partial charge in [-0.1, -0.05) is 29.3 Å². The largest absolute Gasteiger partial charge is 0.321 e. The fraction of sp³-hybridized carbons (Fsp3) is 0.500.